The molecule has 26 heteroatoms. The standard InChI is InChI=1S/6C7H7NO2.2Er.6H2O/c6*8-6-3-1-5(2-4-6)7(9)10;;;;;;;;/h6*1-4H,8H2,(H,9,10);;;6*1H2/q;;;;;;2*+3;;;;;;/p-2. The van der Waals surface area contributed by atoms with Crippen molar-refractivity contribution in [1.82, 2.24) is 0 Å². The third-order valence-electron chi connectivity index (χ3n) is 6.88. The Balaban J connectivity index is -0.000000103. The number of hydrogen-bond donors (Lipinski definition) is 6. The van der Waals surface area contributed by atoms with Crippen molar-refractivity contribution in [3.63, 3.8) is 0 Å². The van der Waals surface area contributed by atoms with Gasteiger partial charge in [-0.3, -0.25) is 0 Å². The van der Waals surface area contributed by atoms with Gasteiger partial charge in [0.05, 0.1) is 35.8 Å². The summed E-state index contributed by atoms with van der Waals surface area (Å²) in [6.45, 7) is 0. The fourth-order valence-electron chi connectivity index (χ4n) is 3.72. The van der Waals surface area contributed by atoms with Crippen molar-refractivity contribution in [2.24, 2.45) is 0 Å². The number of rotatable bonds is 6. The molecular weight excluding hydrogens is 1210 g/mol. The molecule has 0 heterocycles. The van der Waals surface area contributed by atoms with E-state index in [1.165, 1.54) is 146 Å². The van der Waals surface area contributed by atoms with Crippen LogP contribution >= 0.6 is 0 Å². The Hall–Kier alpha value is -6.81. The molecule has 0 saturated heterocycles. The van der Waals surface area contributed by atoms with Gasteiger partial charge in [-0.15, -0.1) is 0 Å². The summed E-state index contributed by atoms with van der Waals surface area (Å²) < 4.78 is 0. The predicted molar refractivity (Wildman–Crippen MR) is 238 cm³/mol. The molecule has 0 aromatic heterocycles. The molecule has 2 radical (unpaired) electrons. The molecule has 6 rings (SSSR count). The molecule has 0 saturated carbocycles. The normalized spacial score (nSPS) is 8.12. The van der Waals surface area contributed by atoms with E-state index in [0.29, 0.717) is 34.1 Å². The number of carboxylic acid groups (broad SMARTS) is 6. The van der Waals surface area contributed by atoms with E-state index in [1.54, 1.807) is 0 Å². The molecule has 0 aliphatic rings. The minimum Gasteiger partial charge on any atom is -0.545 e. The second kappa shape index (κ2) is 41.6. The molecular formula is C42H52Er2N6O18+4. The number of nitrogens with two attached hydrogens (primary N) is 6. The van der Waals surface area contributed by atoms with Gasteiger partial charge in [0, 0.05) is 34.1 Å². The van der Waals surface area contributed by atoms with Gasteiger partial charge in [0.2, 0.25) is 0 Å². The number of carboxylic acids is 6. The van der Waals surface area contributed by atoms with Crippen LogP contribution in [0, 0.1) is 74.6 Å². The first-order valence-corrected chi connectivity index (χ1v) is 16.6. The van der Waals surface area contributed by atoms with E-state index in [1.807, 2.05) is 0 Å². The number of carbonyl (C=O) groups is 6. The van der Waals surface area contributed by atoms with E-state index < -0.39 is 35.8 Å². The third kappa shape index (κ3) is 33.6. The van der Waals surface area contributed by atoms with E-state index in [4.69, 9.17) is 34.4 Å². The van der Waals surface area contributed by atoms with E-state index in [2.05, 4.69) is 0 Å². The van der Waals surface area contributed by atoms with Gasteiger partial charge in [-0.05, 0) is 106 Å². The van der Waals surface area contributed by atoms with Crippen molar-refractivity contribution >= 4 is 69.9 Å². The van der Waals surface area contributed by atoms with Crippen LogP contribution in [0.2, 0.25) is 0 Å². The van der Waals surface area contributed by atoms with Crippen molar-refractivity contribution < 1.29 is 167 Å². The molecule has 0 fully saturated rings. The Bertz CT molecular complexity index is 1900. The quantitative estimate of drug-likeness (QED) is 0.0666. The van der Waals surface area contributed by atoms with Gasteiger partial charge < -0.3 is 127 Å². The Kier molecular flexibility index (Phi) is 48.0. The Morgan fingerprint density at radius 3 is 0.368 bits per heavy atom. The summed E-state index contributed by atoms with van der Waals surface area (Å²) in [5.74, 6) is -7.08. The summed E-state index contributed by atoms with van der Waals surface area (Å²) in [7, 11) is 0. The molecule has 28 N–H and O–H groups in total. The van der Waals surface area contributed by atoms with E-state index in [0.717, 1.165) is 0 Å². The number of hydrogen-bond acceptors (Lipinski definition) is 18. The van der Waals surface area contributed by atoms with E-state index in [-0.39, 0.29) is 141 Å². The zero-order valence-electron chi connectivity index (χ0n) is 35.1. The zero-order valence-corrected chi connectivity index (χ0v) is 38.8. The van der Waals surface area contributed by atoms with Gasteiger partial charge in [-0.1, -0.05) is 72.8 Å². The molecule has 0 aliphatic heterocycles. The van der Waals surface area contributed by atoms with Gasteiger partial charge in [-0.2, -0.15) is 0 Å². The molecule has 6 aromatic rings. The first-order chi connectivity index (χ1) is 28.2. The fraction of sp³-hybridized carbons (Fsp3) is 0. The maximum atomic E-state index is 10.2. The number of benzene rings is 6. The number of nitrogen functional groups attached to an aromatic ring is 6. The number of carbonyl (C=O) groups excluding carboxylic acids is 6. The van der Waals surface area contributed by atoms with E-state index in [9.17, 15) is 59.4 Å². The Labute approximate surface area is 446 Å². The maximum absolute atomic E-state index is 10.2. The number of anilines is 6. The first-order valence-electron chi connectivity index (χ1n) is 16.6. The van der Waals surface area contributed by atoms with Crippen LogP contribution < -0.4 is 65.0 Å². The predicted octanol–water partition coefficient (Wildman–Crippen LogP) is -7.54. The fourth-order valence-corrected chi connectivity index (χ4v) is 3.72. The first kappa shape index (κ1) is 78.4. The molecule has 0 bridgehead atoms. The largest absolute Gasteiger partial charge is 3.00 e. The summed E-state index contributed by atoms with van der Waals surface area (Å²) in [6.07, 6.45) is 0. The molecule has 0 aliphatic carbocycles. The minimum atomic E-state index is -1.18. The average molecular weight is 1260 g/mol. The van der Waals surface area contributed by atoms with E-state index >= 15 is 0 Å². The van der Waals surface area contributed by atoms with Crippen molar-refractivity contribution in [2.75, 3.05) is 34.4 Å². The van der Waals surface area contributed by atoms with Crippen LogP contribution in [0.4, 0.5) is 34.1 Å². The van der Waals surface area contributed by atoms with Crippen LogP contribution in [0.1, 0.15) is 62.1 Å². The maximum Gasteiger partial charge on any atom is 3.00 e. The van der Waals surface area contributed by atoms with Crippen LogP contribution in [0.3, 0.4) is 0 Å². The van der Waals surface area contributed by atoms with Crippen molar-refractivity contribution in [3.8, 4) is 0 Å². The topological polar surface area (TPSA) is 592 Å². The van der Waals surface area contributed by atoms with Crippen LogP contribution in [0.5, 0.6) is 0 Å². The van der Waals surface area contributed by atoms with Gasteiger partial charge in [0.1, 0.15) is 0 Å². The number of aromatic carboxylic acids is 6. The van der Waals surface area contributed by atoms with Gasteiger partial charge >= 0.3 is 74.6 Å². The molecule has 0 amide bonds. The molecule has 24 nitrogen and oxygen atoms in total. The summed E-state index contributed by atoms with van der Waals surface area (Å²) in [5.41, 5.74) is 36.0. The van der Waals surface area contributed by atoms with Crippen LogP contribution in [-0.2, 0) is 21.9 Å². The van der Waals surface area contributed by atoms with Crippen molar-refractivity contribution in [1.29, 1.82) is 0 Å². The molecule has 68 heavy (non-hydrogen) atoms. The van der Waals surface area contributed by atoms with Crippen LogP contribution in [0.15, 0.2) is 146 Å². The molecule has 0 atom stereocenters. The Morgan fingerprint density at radius 2 is 0.309 bits per heavy atom. The summed E-state index contributed by atoms with van der Waals surface area (Å²) in [4.78, 5) is 61.0. The summed E-state index contributed by atoms with van der Waals surface area (Å²) in [6, 6.07) is 35.1. The van der Waals surface area contributed by atoms with Gasteiger partial charge in [0.15, 0.2) is 0 Å². The third-order valence-corrected chi connectivity index (χ3v) is 6.88. The molecule has 0 unspecified atom stereocenters. The van der Waals surface area contributed by atoms with Gasteiger partial charge in [0.25, 0.3) is 0 Å². The minimum absolute atomic E-state index is 0. The second-order valence-corrected chi connectivity index (χ2v) is 11.5. The average Bonchev–Trinajstić information content (AvgIpc) is 3.20. The van der Waals surface area contributed by atoms with Crippen molar-refractivity contribution in [2.45, 2.75) is 0 Å². The Morgan fingerprint density at radius 1 is 0.235 bits per heavy atom. The van der Waals surface area contributed by atoms with Crippen LogP contribution in [-0.4, -0.2) is 46.8 Å². The monoisotopic (exact) mass is 1260 g/mol. The zero-order chi connectivity index (χ0) is 45.4. The summed E-state index contributed by atoms with van der Waals surface area (Å²) >= 11 is 0. The van der Waals surface area contributed by atoms with Gasteiger partial charge in [-0.25, -0.2) is 0 Å². The molecule has 378 valence electrons. The SMILES string of the molecule is Nc1ccc(C(=O)[O-])cc1.Nc1ccc(C(=O)[O-])cc1.Nc1ccc(C(=O)[O-])cc1.Nc1ccc(C(=O)[O-])cc1.Nc1ccc(C(=O)[O-])cc1.Nc1ccc(C(=O)[O-])cc1.O.O.[Er+3].[Er+3].[OH3+].[OH3+].[OH3+].[OH3+]. The second-order valence-electron chi connectivity index (χ2n) is 11.5. The smallest absolute Gasteiger partial charge is 0.545 e. The molecule has 6 aromatic carbocycles. The van der Waals surface area contributed by atoms with Crippen molar-refractivity contribution in [3.05, 3.63) is 179 Å². The van der Waals surface area contributed by atoms with Crippen LogP contribution in [0.25, 0.3) is 0 Å². The summed E-state index contributed by atoms with van der Waals surface area (Å²) in [5, 5.41) is 61.0. The molecule has 0 spiro atoms.